The molecule has 0 fully saturated rings. The summed E-state index contributed by atoms with van der Waals surface area (Å²) in [5.41, 5.74) is 36.2. The van der Waals surface area contributed by atoms with Crippen LogP contribution in [0.4, 0.5) is 68.2 Å². The monoisotopic (exact) mass is 1480 g/mol. The third-order valence-electron chi connectivity index (χ3n) is 24.8. The van der Waals surface area contributed by atoms with Gasteiger partial charge in [0.25, 0.3) is 13.4 Å². The number of anilines is 12. The molecule has 17 aromatic carbocycles. The van der Waals surface area contributed by atoms with Crippen LogP contribution in [0.1, 0.15) is 0 Å². The number of benzene rings is 17. The zero-order chi connectivity index (χ0) is 75.8. The topological polar surface area (TPSA) is 49.1 Å². The van der Waals surface area contributed by atoms with Gasteiger partial charge in [0.15, 0.2) is 0 Å². The number of furan rings is 2. The Hall–Kier alpha value is -15.3. The Bertz CT molecular complexity index is 6960. The van der Waals surface area contributed by atoms with Gasteiger partial charge in [-0.3, -0.25) is 0 Å². The van der Waals surface area contributed by atoms with Gasteiger partial charge in [-0.1, -0.05) is 249 Å². The maximum atomic E-state index is 7.70. The lowest BCUT2D eigenvalue weighted by atomic mass is 9.32. The van der Waals surface area contributed by atoms with Gasteiger partial charge < -0.3 is 37.6 Å². The molecular formula is C106H66B2N6O2. The van der Waals surface area contributed by atoms with Crippen molar-refractivity contribution in [1.82, 2.24) is 9.13 Å². The van der Waals surface area contributed by atoms with E-state index >= 15 is 0 Å². The molecule has 0 saturated carbocycles. The Morgan fingerprint density at radius 2 is 0.457 bits per heavy atom. The Kier molecular flexibility index (Phi) is 14.0. The van der Waals surface area contributed by atoms with Crippen LogP contribution in [0.25, 0.3) is 121 Å². The second kappa shape index (κ2) is 25.1. The number of nitrogens with zero attached hydrogens (tertiary/aromatic N) is 6. The first-order chi connectivity index (χ1) is 57.6. The number of fused-ring (bicyclic) bond motifs is 18. The molecule has 0 radical (unpaired) electrons. The van der Waals surface area contributed by atoms with Crippen LogP contribution in [0.3, 0.4) is 0 Å². The van der Waals surface area contributed by atoms with Crippen molar-refractivity contribution in [3.8, 4) is 55.9 Å². The molecule has 0 N–H and O–H groups in total. The van der Waals surface area contributed by atoms with Crippen LogP contribution in [-0.2, 0) is 0 Å². The van der Waals surface area contributed by atoms with Gasteiger partial charge in [-0.15, -0.1) is 0 Å². The molecule has 0 saturated heterocycles. The Labute approximate surface area is 669 Å². The van der Waals surface area contributed by atoms with Gasteiger partial charge in [0.1, 0.15) is 11.2 Å². The summed E-state index contributed by atoms with van der Waals surface area (Å²) >= 11 is 0. The third-order valence-corrected chi connectivity index (χ3v) is 24.8. The molecule has 0 spiro atoms. The largest absolute Gasteiger partial charge is 0.468 e. The molecule has 0 atom stereocenters. The molecule has 4 aliphatic heterocycles. The maximum Gasteiger partial charge on any atom is 0.297 e. The Balaban J connectivity index is 0.798. The van der Waals surface area contributed by atoms with Crippen LogP contribution in [0.15, 0.2) is 409 Å². The fraction of sp³-hybridized carbons (Fsp3) is 0. The first kappa shape index (κ1) is 64.4. The van der Waals surface area contributed by atoms with Crippen LogP contribution in [0.2, 0.25) is 0 Å². The van der Waals surface area contributed by atoms with E-state index in [4.69, 9.17) is 8.83 Å². The van der Waals surface area contributed by atoms with Crippen molar-refractivity contribution in [2.24, 2.45) is 0 Å². The summed E-state index contributed by atoms with van der Waals surface area (Å²) in [5.74, 6) is 0. The molecule has 10 heteroatoms. The SMILES string of the molecule is c1ccc(-c2ccc3c(c2)c2cc(-c4ccccc4)ccc2n3-c2cc3c4c(c2)N(c2ccccc2)c2c(oc5ccccc25)B4c2cc4c(cc2N3c2ccccc2)N(c2ccccc2)c2cc(-n3c5ccc(-c6ccccc6)cc5c5cc(-c6ccccc6)ccc53)cc3c2B4c2oc4ccccc4c2N3c2ccccc2)cc1. The van der Waals surface area contributed by atoms with Gasteiger partial charge in [0, 0.05) is 89.2 Å². The highest BCUT2D eigenvalue weighted by Gasteiger charge is 2.52. The predicted octanol–water partition coefficient (Wildman–Crippen LogP) is 24.2. The normalized spacial score (nSPS) is 13.1. The van der Waals surface area contributed by atoms with E-state index in [-0.39, 0.29) is 0 Å². The van der Waals surface area contributed by atoms with Crippen molar-refractivity contribution in [3.63, 3.8) is 0 Å². The lowest BCUT2D eigenvalue weighted by molar-refractivity contribution is 0.651. The van der Waals surface area contributed by atoms with Crippen LogP contribution < -0.4 is 52.8 Å². The van der Waals surface area contributed by atoms with E-state index < -0.39 is 13.4 Å². The maximum absolute atomic E-state index is 7.70. The highest BCUT2D eigenvalue weighted by Crippen LogP contribution is 2.54. The highest BCUT2D eigenvalue weighted by molar-refractivity contribution is 7.02. The molecule has 4 aromatic heterocycles. The molecule has 0 aliphatic carbocycles. The number of aromatic nitrogens is 2. The highest BCUT2D eigenvalue weighted by atomic mass is 16.3. The van der Waals surface area contributed by atoms with Gasteiger partial charge in [-0.25, -0.2) is 0 Å². The minimum absolute atomic E-state index is 0.426. The van der Waals surface area contributed by atoms with E-state index in [2.05, 4.69) is 429 Å². The lowest BCUT2D eigenvalue weighted by Crippen LogP contribution is -2.65. The van der Waals surface area contributed by atoms with Crippen molar-refractivity contribution >= 4 is 180 Å². The average molecular weight is 1480 g/mol. The van der Waals surface area contributed by atoms with E-state index in [1.165, 1.54) is 43.8 Å². The molecule has 538 valence electrons. The molecule has 116 heavy (non-hydrogen) atoms. The Morgan fingerprint density at radius 1 is 0.190 bits per heavy atom. The number of para-hydroxylation sites is 6. The number of rotatable bonds is 10. The summed E-state index contributed by atoms with van der Waals surface area (Å²) < 4.78 is 20.4. The zero-order valence-electron chi connectivity index (χ0n) is 62.8. The first-order valence-corrected chi connectivity index (χ1v) is 39.9. The van der Waals surface area contributed by atoms with Crippen molar-refractivity contribution < 1.29 is 8.83 Å². The summed E-state index contributed by atoms with van der Waals surface area (Å²) in [7, 11) is 0. The third kappa shape index (κ3) is 9.52. The standard InChI is InChI=1S/C106H66B2N6O2/c1-9-29-67(30-10-1)71-49-53-89-83(57-71)84-58-72(68-31-11-2-12-32-68)50-54-90(84)111(89)79-61-95-101-97(63-79)113(77-41-21-7-22-42-77)103-81-45-25-27-47-99(81)115-105(103)107(101)87-65-88-94(66-93(87)109(95)75-37-17-5-18-38-75)110(76-39-19-6-20-40-76)96-62-80(64-98-102(96)108(88)106-104(82-46-26-28-48-100(82)116-106)114(98)78-43-23-8-24-44-78)112-91-55-51-73(69-33-13-3-14-34-69)59-85(91)86-60-74(52-56-92(86)112)70-35-15-4-16-36-70/h1-66H. The second-order valence-electron chi connectivity index (χ2n) is 31.0. The van der Waals surface area contributed by atoms with Crippen LogP contribution in [-0.4, -0.2) is 22.6 Å². The molecule has 8 heterocycles. The summed E-state index contributed by atoms with van der Waals surface area (Å²) in [6.07, 6.45) is 0. The van der Waals surface area contributed by atoms with Crippen molar-refractivity contribution in [2.75, 3.05) is 19.6 Å². The molecule has 8 nitrogen and oxygen atoms in total. The van der Waals surface area contributed by atoms with Crippen molar-refractivity contribution in [1.29, 1.82) is 0 Å². The van der Waals surface area contributed by atoms with Gasteiger partial charge in [0.2, 0.25) is 0 Å². The quantitative estimate of drug-likeness (QED) is 0.127. The smallest absolute Gasteiger partial charge is 0.297 e. The fourth-order valence-corrected chi connectivity index (χ4v) is 19.8. The number of hydrogen-bond donors (Lipinski definition) is 0. The van der Waals surface area contributed by atoms with Gasteiger partial charge >= 0.3 is 0 Å². The van der Waals surface area contributed by atoms with E-state index in [0.717, 1.165) is 179 Å². The second-order valence-corrected chi connectivity index (χ2v) is 31.0. The van der Waals surface area contributed by atoms with E-state index in [9.17, 15) is 0 Å². The molecule has 21 aromatic rings. The van der Waals surface area contributed by atoms with Gasteiger partial charge in [0.05, 0.1) is 56.1 Å². The molecular weight excluding hydrogens is 1410 g/mol. The first-order valence-electron chi connectivity index (χ1n) is 39.9. The van der Waals surface area contributed by atoms with Gasteiger partial charge in [-0.2, -0.15) is 0 Å². The summed E-state index contributed by atoms with van der Waals surface area (Å²) in [6.45, 7) is -0.852. The summed E-state index contributed by atoms with van der Waals surface area (Å²) in [6, 6.07) is 148. The minimum Gasteiger partial charge on any atom is -0.468 e. The molecule has 0 unspecified atom stereocenters. The van der Waals surface area contributed by atoms with E-state index in [0.29, 0.717) is 0 Å². The van der Waals surface area contributed by atoms with Crippen LogP contribution in [0, 0.1) is 0 Å². The fourth-order valence-electron chi connectivity index (χ4n) is 19.8. The lowest BCUT2D eigenvalue weighted by Gasteiger charge is -2.46. The van der Waals surface area contributed by atoms with E-state index in [1.54, 1.807) is 0 Å². The van der Waals surface area contributed by atoms with Crippen LogP contribution in [0.5, 0.6) is 0 Å². The Morgan fingerprint density at radius 3 is 0.767 bits per heavy atom. The zero-order valence-corrected chi connectivity index (χ0v) is 62.8. The molecule has 0 bridgehead atoms. The molecule has 0 amide bonds. The van der Waals surface area contributed by atoms with Crippen LogP contribution >= 0.6 is 0 Å². The minimum atomic E-state index is -0.426. The van der Waals surface area contributed by atoms with E-state index in [1.807, 2.05) is 0 Å². The van der Waals surface area contributed by atoms with Crippen molar-refractivity contribution in [2.45, 2.75) is 0 Å². The predicted molar refractivity (Wildman–Crippen MR) is 484 cm³/mol. The summed E-state index contributed by atoms with van der Waals surface area (Å²) in [5, 5.41) is 6.76. The summed E-state index contributed by atoms with van der Waals surface area (Å²) in [4.78, 5) is 10.1. The molecule has 25 rings (SSSR count). The number of hydrogen-bond acceptors (Lipinski definition) is 6. The van der Waals surface area contributed by atoms with Crippen molar-refractivity contribution in [3.05, 3.63) is 400 Å². The average Bonchev–Trinajstić information content (AvgIpc) is 1.34. The molecule has 4 aliphatic rings. The van der Waals surface area contributed by atoms with Gasteiger partial charge in [-0.05, 0) is 218 Å².